The predicted octanol–water partition coefficient (Wildman–Crippen LogP) is 4.49. The number of rotatable bonds is 8. The van der Waals surface area contributed by atoms with Crippen molar-refractivity contribution < 1.29 is 9.90 Å². The highest BCUT2D eigenvalue weighted by molar-refractivity contribution is 8.02. The third-order valence-corrected chi connectivity index (χ3v) is 3.96. The Morgan fingerprint density at radius 1 is 1.42 bits per heavy atom. The van der Waals surface area contributed by atoms with Crippen molar-refractivity contribution in [2.24, 2.45) is 5.92 Å². The first-order valence-corrected chi connectivity index (χ1v) is 7.38. The van der Waals surface area contributed by atoms with Gasteiger partial charge in [-0.1, -0.05) is 49.4 Å². The second-order valence-electron chi connectivity index (χ2n) is 4.20. The van der Waals surface area contributed by atoms with Gasteiger partial charge in [0.1, 0.15) is 0 Å². The van der Waals surface area contributed by atoms with E-state index >= 15 is 0 Å². The Hall–Kier alpha value is -1.48. The van der Waals surface area contributed by atoms with E-state index in [4.69, 9.17) is 0 Å². The maximum absolute atomic E-state index is 11.3. The summed E-state index contributed by atoms with van der Waals surface area (Å²) in [4.78, 5) is 12.2. The molecule has 19 heavy (non-hydrogen) atoms. The van der Waals surface area contributed by atoms with Crippen molar-refractivity contribution in [3.63, 3.8) is 0 Å². The lowest BCUT2D eigenvalue weighted by molar-refractivity contribution is -0.140. The summed E-state index contributed by atoms with van der Waals surface area (Å²) >= 11 is 1.61. The van der Waals surface area contributed by atoms with Gasteiger partial charge in [0.2, 0.25) is 0 Å². The molecule has 0 heterocycles. The van der Waals surface area contributed by atoms with E-state index in [1.165, 1.54) is 5.56 Å². The van der Waals surface area contributed by atoms with Crippen molar-refractivity contribution >= 4 is 17.7 Å². The second-order valence-corrected chi connectivity index (χ2v) is 5.25. The van der Waals surface area contributed by atoms with Gasteiger partial charge in [-0.2, -0.15) is 0 Å². The number of carboxylic acids is 1. The Labute approximate surface area is 119 Å². The largest absolute Gasteiger partial charge is 0.481 e. The summed E-state index contributed by atoms with van der Waals surface area (Å²) in [7, 11) is 0. The molecule has 1 unspecified atom stereocenters. The molecule has 0 bridgehead atoms. The minimum absolute atomic E-state index is 0.467. The van der Waals surface area contributed by atoms with Crippen LogP contribution in [0.5, 0.6) is 0 Å². The molecule has 0 fully saturated rings. The van der Waals surface area contributed by atoms with Crippen LogP contribution in [0.4, 0.5) is 0 Å². The van der Waals surface area contributed by atoms with E-state index in [-0.39, 0.29) is 0 Å². The first-order chi connectivity index (χ1) is 9.19. The lowest BCUT2D eigenvalue weighted by atomic mass is 10.0. The summed E-state index contributed by atoms with van der Waals surface area (Å²) in [5, 5.41) is 9.30. The average Bonchev–Trinajstić information content (AvgIpc) is 2.42. The van der Waals surface area contributed by atoms with Crippen LogP contribution in [-0.2, 0) is 10.5 Å². The van der Waals surface area contributed by atoms with Crippen molar-refractivity contribution in [2.45, 2.75) is 25.5 Å². The Balaban J connectivity index is 2.74. The number of carbonyl (C=O) groups is 1. The fourth-order valence-electron chi connectivity index (χ4n) is 1.75. The SMILES string of the molecule is C=CCC(C(=O)O)/C(=C/CC)SCc1ccccc1. The summed E-state index contributed by atoms with van der Waals surface area (Å²) < 4.78 is 0. The van der Waals surface area contributed by atoms with Gasteiger partial charge in [-0.05, 0) is 23.3 Å². The fraction of sp³-hybridized carbons (Fsp3) is 0.312. The van der Waals surface area contributed by atoms with Gasteiger partial charge in [0.25, 0.3) is 0 Å². The van der Waals surface area contributed by atoms with E-state index in [1.54, 1.807) is 17.8 Å². The molecule has 3 heteroatoms. The van der Waals surface area contributed by atoms with Crippen molar-refractivity contribution in [1.82, 2.24) is 0 Å². The summed E-state index contributed by atoms with van der Waals surface area (Å²) in [5.74, 6) is -0.445. The van der Waals surface area contributed by atoms with Crippen molar-refractivity contribution in [1.29, 1.82) is 0 Å². The first-order valence-electron chi connectivity index (χ1n) is 6.39. The molecule has 1 N–H and O–H groups in total. The summed E-state index contributed by atoms with van der Waals surface area (Å²) in [5.41, 5.74) is 1.21. The van der Waals surface area contributed by atoms with Crippen molar-refractivity contribution in [3.8, 4) is 0 Å². The zero-order valence-corrected chi connectivity index (χ0v) is 12.0. The lowest BCUT2D eigenvalue weighted by Crippen LogP contribution is -2.14. The Kier molecular flexibility index (Phi) is 7.04. The van der Waals surface area contributed by atoms with Crippen molar-refractivity contribution in [3.05, 3.63) is 59.5 Å². The zero-order chi connectivity index (χ0) is 14.1. The molecular weight excluding hydrogens is 256 g/mol. The third kappa shape index (κ3) is 5.35. The number of hydrogen-bond donors (Lipinski definition) is 1. The minimum atomic E-state index is -0.778. The molecular formula is C16H20O2S. The zero-order valence-electron chi connectivity index (χ0n) is 11.2. The molecule has 2 nitrogen and oxygen atoms in total. The maximum Gasteiger partial charge on any atom is 0.311 e. The Morgan fingerprint density at radius 2 is 2.11 bits per heavy atom. The maximum atomic E-state index is 11.3. The molecule has 0 aliphatic rings. The summed E-state index contributed by atoms with van der Waals surface area (Å²) in [6.07, 6.45) is 5.00. The van der Waals surface area contributed by atoms with Crippen LogP contribution in [0.2, 0.25) is 0 Å². The predicted molar refractivity (Wildman–Crippen MR) is 82.1 cm³/mol. The van der Waals surface area contributed by atoms with Crippen LogP contribution in [-0.4, -0.2) is 11.1 Å². The molecule has 0 aliphatic carbocycles. The molecule has 0 saturated carbocycles. The van der Waals surface area contributed by atoms with E-state index in [9.17, 15) is 9.90 Å². The molecule has 1 aromatic carbocycles. The minimum Gasteiger partial charge on any atom is -0.481 e. The lowest BCUT2D eigenvalue weighted by Gasteiger charge is -2.14. The fourth-order valence-corrected chi connectivity index (χ4v) is 2.96. The van der Waals surface area contributed by atoms with Gasteiger partial charge in [0.05, 0.1) is 5.92 Å². The van der Waals surface area contributed by atoms with Crippen LogP contribution >= 0.6 is 11.8 Å². The van der Waals surface area contributed by atoms with E-state index in [0.717, 1.165) is 17.1 Å². The molecule has 0 aromatic heterocycles. The van der Waals surface area contributed by atoms with Crippen LogP contribution in [0.3, 0.4) is 0 Å². The van der Waals surface area contributed by atoms with E-state index in [1.807, 2.05) is 31.2 Å². The van der Waals surface area contributed by atoms with Crippen LogP contribution < -0.4 is 0 Å². The van der Waals surface area contributed by atoms with Gasteiger partial charge in [-0.3, -0.25) is 4.79 Å². The third-order valence-electron chi connectivity index (χ3n) is 2.70. The number of aliphatic carboxylic acids is 1. The highest BCUT2D eigenvalue weighted by Crippen LogP contribution is 2.31. The highest BCUT2D eigenvalue weighted by Gasteiger charge is 2.20. The first kappa shape index (κ1) is 15.6. The summed E-state index contributed by atoms with van der Waals surface area (Å²) in [6, 6.07) is 10.1. The number of carboxylic acid groups (broad SMARTS) is 1. The molecule has 1 rings (SSSR count). The van der Waals surface area contributed by atoms with Crippen molar-refractivity contribution in [2.75, 3.05) is 0 Å². The van der Waals surface area contributed by atoms with Crippen LogP contribution in [0, 0.1) is 5.92 Å². The van der Waals surface area contributed by atoms with E-state index in [2.05, 4.69) is 18.7 Å². The van der Waals surface area contributed by atoms with Crippen LogP contribution in [0.1, 0.15) is 25.3 Å². The van der Waals surface area contributed by atoms with Crippen LogP contribution in [0.25, 0.3) is 0 Å². The monoisotopic (exact) mass is 276 g/mol. The van der Waals surface area contributed by atoms with Gasteiger partial charge < -0.3 is 5.11 Å². The van der Waals surface area contributed by atoms with Crippen LogP contribution in [0.15, 0.2) is 54.0 Å². The Morgan fingerprint density at radius 3 is 2.63 bits per heavy atom. The molecule has 0 amide bonds. The number of allylic oxidation sites excluding steroid dienone is 2. The molecule has 102 valence electrons. The molecule has 1 aromatic rings. The highest BCUT2D eigenvalue weighted by atomic mass is 32.2. The molecule has 0 aliphatic heterocycles. The average molecular weight is 276 g/mol. The quantitative estimate of drug-likeness (QED) is 0.711. The molecule has 0 spiro atoms. The van der Waals surface area contributed by atoms with E-state index in [0.29, 0.717) is 6.42 Å². The molecule has 1 atom stereocenters. The number of thioether (sulfide) groups is 1. The van der Waals surface area contributed by atoms with E-state index < -0.39 is 11.9 Å². The number of benzene rings is 1. The standard InChI is InChI=1S/C16H20O2S/c1-3-8-14(16(17)18)15(9-4-2)19-12-13-10-6-5-7-11-13/h3,5-7,9-11,14H,1,4,8,12H2,2H3,(H,17,18)/b15-9-. The summed E-state index contributed by atoms with van der Waals surface area (Å²) in [6.45, 7) is 5.67. The van der Waals surface area contributed by atoms with Gasteiger partial charge >= 0.3 is 5.97 Å². The van der Waals surface area contributed by atoms with Gasteiger partial charge in [0.15, 0.2) is 0 Å². The second kappa shape index (κ2) is 8.59. The van der Waals surface area contributed by atoms with Gasteiger partial charge in [0, 0.05) is 5.75 Å². The number of hydrogen-bond acceptors (Lipinski definition) is 2. The van der Waals surface area contributed by atoms with Gasteiger partial charge in [-0.15, -0.1) is 18.3 Å². The molecule has 0 saturated heterocycles. The van der Waals surface area contributed by atoms with Gasteiger partial charge in [-0.25, -0.2) is 0 Å². The smallest absolute Gasteiger partial charge is 0.311 e. The topological polar surface area (TPSA) is 37.3 Å². The Bertz CT molecular complexity index is 437. The normalized spacial score (nSPS) is 13.0. The molecule has 0 radical (unpaired) electrons.